The van der Waals surface area contributed by atoms with Gasteiger partial charge in [0.15, 0.2) is 6.29 Å². The molecule has 2 aliphatic rings. The lowest BCUT2D eigenvalue weighted by Crippen LogP contribution is -2.44. The highest BCUT2D eigenvalue weighted by molar-refractivity contribution is 6.74. The molecular formula is C20H33NO3Si. The van der Waals surface area contributed by atoms with Crippen LogP contribution in [0.3, 0.4) is 0 Å². The number of piperidine rings is 1. The van der Waals surface area contributed by atoms with Crippen LogP contribution in [0.4, 0.5) is 0 Å². The Labute approximate surface area is 153 Å². The molecule has 0 saturated carbocycles. The van der Waals surface area contributed by atoms with Gasteiger partial charge in [0.1, 0.15) is 5.75 Å². The average Bonchev–Trinajstić information content (AvgIpc) is 3.09. The third-order valence-electron chi connectivity index (χ3n) is 5.89. The summed E-state index contributed by atoms with van der Waals surface area (Å²) in [5.74, 6) is 1.56. The molecule has 0 amide bonds. The van der Waals surface area contributed by atoms with Gasteiger partial charge in [-0.2, -0.15) is 0 Å². The molecule has 3 rings (SSSR count). The largest absolute Gasteiger partial charge is 0.543 e. The summed E-state index contributed by atoms with van der Waals surface area (Å²) < 4.78 is 18.3. The van der Waals surface area contributed by atoms with E-state index in [1.165, 1.54) is 18.4 Å². The molecule has 1 N–H and O–H groups in total. The number of benzene rings is 1. The first-order chi connectivity index (χ1) is 11.8. The summed E-state index contributed by atoms with van der Waals surface area (Å²) >= 11 is 0. The van der Waals surface area contributed by atoms with Gasteiger partial charge >= 0.3 is 0 Å². The lowest BCUT2D eigenvalue weighted by molar-refractivity contribution is -0.0451. The minimum atomic E-state index is -1.91. The Morgan fingerprint density at radius 3 is 2.32 bits per heavy atom. The maximum absolute atomic E-state index is 6.62. The molecule has 2 fully saturated rings. The van der Waals surface area contributed by atoms with Crippen LogP contribution in [0.2, 0.25) is 18.1 Å². The smallest absolute Gasteiger partial charge is 0.250 e. The maximum atomic E-state index is 6.62. The molecule has 0 radical (unpaired) electrons. The summed E-state index contributed by atoms with van der Waals surface area (Å²) in [6, 6.07) is 6.67. The third-order valence-corrected chi connectivity index (χ3v) is 10.2. The molecule has 5 heteroatoms. The van der Waals surface area contributed by atoms with Gasteiger partial charge in [-0.3, -0.25) is 0 Å². The van der Waals surface area contributed by atoms with Crippen molar-refractivity contribution in [3.63, 3.8) is 0 Å². The second kappa shape index (κ2) is 7.39. The van der Waals surface area contributed by atoms with Gasteiger partial charge < -0.3 is 19.2 Å². The Balaban J connectivity index is 1.91. The van der Waals surface area contributed by atoms with Crippen LogP contribution in [0.5, 0.6) is 5.75 Å². The SMILES string of the molecule is CC(C)(C)[Si](C)(C)Oc1ccc(C2CCNCC2)cc1C1OCCO1. The summed E-state index contributed by atoms with van der Waals surface area (Å²) in [6.45, 7) is 14.9. The van der Waals surface area contributed by atoms with Gasteiger partial charge in [0.2, 0.25) is 8.32 Å². The van der Waals surface area contributed by atoms with E-state index in [0.29, 0.717) is 19.1 Å². The van der Waals surface area contributed by atoms with Crippen molar-refractivity contribution in [1.82, 2.24) is 5.32 Å². The van der Waals surface area contributed by atoms with E-state index in [1.807, 2.05) is 0 Å². The van der Waals surface area contributed by atoms with Crippen molar-refractivity contribution in [2.75, 3.05) is 26.3 Å². The van der Waals surface area contributed by atoms with E-state index in [2.05, 4.69) is 57.4 Å². The molecule has 4 nitrogen and oxygen atoms in total. The van der Waals surface area contributed by atoms with E-state index in [1.54, 1.807) is 0 Å². The molecule has 0 spiro atoms. The van der Waals surface area contributed by atoms with Gasteiger partial charge in [-0.15, -0.1) is 0 Å². The van der Waals surface area contributed by atoms with Crippen LogP contribution in [0.25, 0.3) is 0 Å². The first-order valence-corrected chi connectivity index (χ1v) is 12.5. The fourth-order valence-electron chi connectivity index (χ4n) is 3.22. The van der Waals surface area contributed by atoms with Crippen molar-refractivity contribution in [1.29, 1.82) is 0 Å². The average molecular weight is 364 g/mol. The van der Waals surface area contributed by atoms with Gasteiger partial charge in [0, 0.05) is 5.56 Å². The lowest BCUT2D eigenvalue weighted by atomic mass is 9.89. The number of hydrogen-bond donors (Lipinski definition) is 1. The molecule has 1 aromatic rings. The van der Waals surface area contributed by atoms with E-state index in [4.69, 9.17) is 13.9 Å². The monoisotopic (exact) mass is 363 g/mol. The molecule has 0 aliphatic carbocycles. The minimum Gasteiger partial charge on any atom is -0.543 e. The zero-order valence-corrected chi connectivity index (χ0v) is 17.4. The molecule has 25 heavy (non-hydrogen) atoms. The van der Waals surface area contributed by atoms with Crippen LogP contribution >= 0.6 is 0 Å². The van der Waals surface area contributed by atoms with E-state index in [9.17, 15) is 0 Å². The van der Waals surface area contributed by atoms with Crippen LogP contribution in [0.15, 0.2) is 18.2 Å². The standard InChI is InChI=1S/C20H33NO3Si/c1-20(2,3)25(4,5)24-18-7-6-16(15-8-10-21-11-9-15)14-17(18)19-22-12-13-23-19/h6-7,14-15,19,21H,8-13H2,1-5H3. The fraction of sp³-hybridized carbons (Fsp3) is 0.700. The second-order valence-corrected chi connectivity index (χ2v) is 13.5. The van der Waals surface area contributed by atoms with E-state index in [-0.39, 0.29) is 11.3 Å². The van der Waals surface area contributed by atoms with Crippen molar-refractivity contribution in [2.45, 2.75) is 64.0 Å². The number of ether oxygens (including phenoxy) is 2. The van der Waals surface area contributed by atoms with Crippen molar-refractivity contribution in [3.8, 4) is 5.75 Å². The van der Waals surface area contributed by atoms with Gasteiger partial charge in [0.05, 0.1) is 13.2 Å². The molecule has 140 valence electrons. The number of rotatable bonds is 4. The second-order valence-electron chi connectivity index (χ2n) is 8.76. The molecule has 0 unspecified atom stereocenters. The van der Waals surface area contributed by atoms with E-state index in [0.717, 1.165) is 24.4 Å². The summed E-state index contributed by atoms with van der Waals surface area (Å²) in [5.41, 5.74) is 2.46. The number of nitrogens with one attached hydrogen (secondary N) is 1. The van der Waals surface area contributed by atoms with Crippen LogP contribution in [0.1, 0.15) is 56.9 Å². The summed E-state index contributed by atoms with van der Waals surface area (Å²) in [4.78, 5) is 0. The molecule has 0 atom stereocenters. The molecule has 2 aliphatic heterocycles. The molecule has 0 aromatic heterocycles. The Morgan fingerprint density at radius 1 is 1.08 bits per heavy atom. The minimum absolute atomic E-state index is 0.162. The van der Waals surface area contributed by atoms with Crippen molar-refractivity contribution < 1.29 is 13.9 Å². The topological polar surface area (TPSA) is 39.7 Å². The quantitative estimate of drug-likeness (QED) is 0.795. The first-order valence-electron chi connectivity index (χ1n) is 9.55. The maximum Gasteiger partial charge on any atom is 0.250 e. The van der Waals surface area contributed by atoms with Crippen molar-refractivity contribution in [3.05, 3.63) is 29.3 Å². The Hall–Kier alpha value is -0.883. The Morgan fingerprint density at radius 2 is 1.72 bits per heavy atom. The lowest BCUT2D eigenvalue weighted by Gasteiger charge is -2.37. The summed E-state index contributed by atoms with van der Waals surface area (Å²) in [5, 5.41) is 3.61. The van der Waals surface area contributed by atoms with Gasteiger partial charge in [-0.25, -0.2) is 0 Å². The fourth-order valence-corrected chi connectivity index (χ4v) is 4.26. The van der Waals surface area contributed by atoms with Gasteiger partial charge in [-0.05, 0) is 67.7 Å². The highest BCUT2D eigenvalue weighted by Gasteiger charge is 2.40. The number of hydrogen-bond acceptors (Lipinski definition) is 4. The molecular weight excluding hydrogens is 330 g/mol. The molecule has 2 heterocycles. The highest BCUT2D eigenvalue weighted by atomic mass is 28.4. The van der Waals surface area contributed by atoms with Gasteiger partial charge in [-0.1, -0.05) is 26.8 Å². The molecule has 1 aromatic carbocycles. The van der Waals surface area contributed by atoms with E-state index < -0.39 is 8.32 Å². The van der Waals surface area contributed by atoms with Crippen molar-refractivity contribution >= 4 is 8.32 Å². The van der Waals surface area contributed by atoms with Crippen LogP contribution in [-0.2, 0) is 9.47 Å². The van der Waals surface area contributed by atoms with Crippen molar-refractivity contribution in [2.24, 2.45) is 0 Å². The highest BCUT2D eigenvalue weighted by Crippen LogP contribution is 2.41. The van der Waals surface area contributed by atoms with Crippen LogP contribution in [-0.4, -0.2) is 34.6 Å². The Kier molecular flexibility index (Phi) is 5.59. The van der Waals surface area contributed by atoms with Gasteiger partial charge in [0.25, 0.3) is 0 Å². The van der Waals surface area contributed by atoms with Crippen LogP contribution in [0, 0.1) is 0 Å². The zero-order chi connectivity index (χ0) is 18.1. The van der Waals surface area contributed by atoms with E-state index >= 15 is 0 Å². The predicted molar refractivity (Wildman–Crippen MR) is 104 cm³/mol. The molecule has 2 saturated heterocycles. The normalized spacial score (nSPS) is 20.8. The Bertz CT molecular complexity index is 585. The molecule has 0 bridgehead atoms. The summed E-state index contributed by atoms with van der Waals surface area (Å²) in [6.07, 6.45) is 2.09. The third kappa shape index (κ3) is 4.27. The summed E-state index contributed by atoms with van der Waals surface area (Å²) in [7, 11) is -1.91. The first kappa shape index (κ1) is 18.9. The van der Waals surface area contributed by atoms with Crippen LogP contribution < -0.4 is 9.74 Å². The zero-order valence-electron chi connectivity index (χ0n) is 16.4. The predicted octanol–water partition coefficient (Wildman–Crippen LogP) is 4.58.